The maximum absolute atomic E-state index is 12.9. The highest BCUT2D eigenvalue weighted by atomic mass is 16.5. The Kier molecular flexibility index (Phi) is 6.25. The summed E-state index contributed by atoms with van der Waals surface area (Å²) in [5.41, 5.74) is 1.64. The van der Waals surface area contributed by atoms with Crippen LogP contribution in [0.15, 0.2) is 34.7 Å². The van der Waals surface area contributed by atoms with Gasteiger partial charge in [-0.15, -0.1) is 0 Å². The molecular weight excluding hydrogens is 412 g/mol. The average molecular weight is 438 g/mol. The summed E-state index contributed by atoms with van der Waals surface area (Å²) in [6, 6.07) is 8.50. The van der Waals surface area contributed by atoms with Crippen LogP contribution in [0.25, 0.3) is 10.9 Å². The van der Waals surface area contributed by atoms with E-state index >= 15 is 0 Å². The van der Waals surface area contributed by atoms with E-state index in [9.17, 15) is 9.59 Å². The van der Waals surface area contributed by atoms with E-state index in [0.29, 0.717) is 24.7 Å². The van der Waals surface area contributed by atoms with Crippen LogP contribution < -0.4 is 15.0 Å². The maximum Gasteiger partial charge on any atom is 0.374 e. The Balaban J connectivity index is 1.46. The molecule has 4 rings (SSSR count). The molecular formula is C23H26N4O5. The molecule has 168 valence electrons. The van der Waals surface area contributed by atoms with E-state index in [2.05, 4.69) is 10.3 Å². The molecule has 3 heterocycles. The largest absolute Gasteiger partial charge is 0.497 e. The molecule has 32 heavy (non-hydrogen) atoms. The Morgan fingerprint density at radius 3 is 2.88 bits per heavy atom. The van der Waals surface area contributed by atoms with Gasteiger partial charge >= 0.3 is 5.97 Å². The second kappa shape index (κ2) is 9.25. The monoisotopic (exact) mass is 438 g/mol. The number of fused-ring (bicyclic) bond motifs is 1. The summed E-state index contributed by atoms with van der Waals surface area (Å²) < 4.78 is 15.7. The van der Waals surface area contributed by atoms with Crippen molar-refractivity contribution in [2.75, 3.05) is 25.2 Å². The molecule has 0 saturated carbocycles. The van der Waals surface area contributed by atoms with Gasteiger partial charge in [0.05, 0.1) is 31.5 Å². The minimum Gasteiger partial charge on any atom is -0.497 e. The van der Waals surface area contributed by atoms with Crippen LogP contribution in [0.2, 0.25) is 0 Å². The summed E-state index contributed by atoms with van der Waals surface area (Å²) in [5, 5.41) is 3.81. The van der Waals surface area contributed by atoms with E-state index in [1.807, 2.05) is 30.0 Å². The number of amides is 1. The van der Waals surface area contributed by atoms with Crippen molar-refractivity contribution >= 4 is 28.7 Å². The average Bonchev–Trinajstić information content (AvgIpc) is 3.47. The van der Waals surface area contributed by atoms with E-state index in [1.165, 1.54) is 0 Å². The van der Waals surface area contributed by atoms with Crippen molar-refractivity contribution in [3.05, 3.63) is 47.5 Å². The van der Waals surface area contributed by atoms with Gasteiger partial charge < -0.3 is 24.1 Å². The molecule has 0 bridgehead atoms. The summed E-state index contributed by atoms with van der Waals surface area (Å²) in [6.07, 6.45) is 1.58. The molecule has 3 aromatic rings. The third-order valence-electron chi connectivity index (χ3n) is 5.47. The number of methoxy groups -OCH3 is 1. The number of furan rings is 1. The van der Waals surface area contributed by atoms with Crippen LogP contribution in [0.3, 0.4) is 0 Å². The molecule has 0 aliphatic carbocycles. The minimum absolute atomic E-state index is 0.121. The summed E-state index contributed by atoms with van der Waals surface area (Å²) in [6.45, 7) is 4.81. The van der Waals surface area contributed by atoms with E-state index in [4.69, 9.17) is 18.9 Å². The first-order valence-electron chi connectivity index (χ1n) is 10.6. The lowest BCUT2D eigenvalue weighted by molar-refractivity contribution is -0.122. The van der Waals surface area contributed by atoms with Crippen molar-refractivity contribution < 1.29 is 23.5 Å². The molecule has 9 heteroatoms. The molecule has 1 saturated heterocycles. The van der Waals surface area contributed by atoms with Gasteiger partial charge in [-0.2, -0.15) is 0 Å². The molecule has 1 amide bonds. The first kappa shape index (κ1) is 21.6. The number of hydrogen-bond donors (Lipinski definition) is 1. The fourth-order valence-corrected chi connectivity index (χ4v) is 3.86. The molecule has 9 nitrogen and oxygen atoms in total. The SMILES string of the molecule is CCOC(=O)c1ccc(CNC(=O)C2CCCN2c2nc(C)c3cc(OC)ccc3n2)o1. The second-order valence-electron chi connectivity index (χ2n) is 7.55. The highest BCUT2D eigenvalue weighted by molar-refractivity contribution is 5.87. The summed E-state index contributed by atoms with van der Waals surface area (Å²) in [5.74, 6) is 1.24. The number of nitrogens with one attached hydrogen (secondary N) is 1. The number of hydrogen-bond acceptors (Lipinski definition) is 8. The standard InChI is InChI=1S/C23H26N4O5/c1-4-31-22(29)20-10-8-16(32-20)13-24-21(28)19-6-5-11-27(19)23-25-14(2)17-12-15(30-3)7-9-18(17)26-23/h7-10,12,19H,4-6,11,13H2,1-3H3,(H,24,28). The number of rotatable bonds is 7. The van der Waals surface area contributed by atoms with Crippen LogP contribution in [0.5, 0.6) is 5.75 Å². The highest BCUT2D eigenvalue weighted by Crippen LogP contribution is 2.27. The van der Waals surface area contributed by atoms with Crippen molar-refractivity contribution in [2.45, 2.75) is 39.3 Å². The van der Waals surface area contributed by atoms with Gasteiger partial charge in [-0.1, -0.05) is 0 Å². The topological polar surface area (TPSA) is 107 Å². The minimum atomic E-state index is -0.520. The smallest absolute Gasteiger partial charge is 0.374 e. The van der Waals surface area contributed by atoms with E-state index in [-0.39, 0.29) is 30.9 Å². The van der Waals surface area contributed by atoms with Crippen LogP contribution >= 0.6 is 0 Å². The number of carbonyl (C=O) groups is 2. The zero-order valence-electron chi connectivity index (χ0n) is 18.4. The molecule has 0 spiro atoms. The molecule has 1 aliphatic heterocycles. The van der Waals surface area contributed by atoms with Crippen molar-refractivity contribution in [2.24, 2.45) is 0 Å². The quantitative estimate of drug-likeness (QED) is 0.561. The molecule has 1 aromatic carbocycles. The van der Waals surface area contributed by atoms with Crippen molar-refractivity contribution in [3.8, 4) is 5.75 Å². The molecule has 1 atom stereocenters. The number of nitrogens with zero attached hydrogens (tertiary/aromatic N) is 3. The number of aryl methyl sites for hydroxylation is 1. The predicted molar refractivity (Wildman–Crippen MR) is 118 cm³/mol. The summed E-state index contributed by atoms with van der Waals surface area (Å²) in [7, 11) is 1.62. The zero-order chi connectivity index (χ0) is 22.7. The molecule has 1 unspecified atom stereocenters. The lowest BCUT2D eigenvalue weighted by Crippen LogP contribution is -2.43. The van der Waals surface area contributed by atoms with Gasteiger partial charge in [0.25, 0.3) is 0 Å². The molecule has 0 radical (unpaired) electrons. The van der Waals surface area contributed by atoms with E-state index in [0.717, 1.165) is 28.8 Å². The number of benzene rings is 1. The van der Waals surface area contributed by atoms with E-state index < -0.39 is 5.97 Å². The third kappa shape index (κ3) is 4.37. The zero-order valence-corrected chi connectivity index (χ0v) is 18.4. The second-order valence-corrected chi connectivity index (χ2v) is 7.55. The Hall–Kier alpha value is -3.62. The molecule has 1 fully saturated rings. The Bertz CT molecular complexity index is 1140. The van der Waals surface area contributed by atoms with Crippen molar-refractivity contribution in [1.82, 2.24) is 15.3 Å². The third-order valence-corrected chi connectivity index (χ3v) is 5.47. The fraction of sp³-hybridized carbons (Fsp3) is 0.391. The summed E-state index contributed by atoms with van der Waals surface area (Å²) in [4.78, 5) is 35.9. The van der Waals surface area contributed by atoms with Gasteiger partial charge in [0.2, 0.25) is 17.6 Å². The number of anilines is 1. The van der Waals surface area contributed by atoms with Crippen molar-refractivity contribution in [1.29, 1.82) is 0 Å². The molecule has 1 aliphatic rings. The first-order chi connectivity index (χ1) is 15.5. The normalized spacial score (nSPS) is 15.7. The van der Waals surface area contributed by atoms with Crippen LogP contribution in [-0.2, 0) is 16.1 Å². The number of aromatic nitrogens is 2. The van der Waals surface area contributed by atoms with Gasteiger partial charge in [-0.25, -0.2) is 14.8 Å². The highest BCUT2D eigenvalue weighted by Gasteiger charge is 2.33. The number of carbonyl (C=O) groups excluding carboxylic acids is 2. The van der Waals surface area contributed by atoms with E-state index in [1.54, 1.807) is 26.2 Å². The van der Waals surface area contributed by atoms with Crippen LogP contribution in [-0.4, -0.2) is 48.1 Å². The first-order valence-corrected chi connectivity index (χ1v) is 10.6. The molecule has 1 N–H and O–H groups in total. The summed E-state index contributed by atoms with van der Waals surface area (Å²) >= 11 is 0. The number of ether oxygens (including phenoxy) is 2. The lowest BCUT2D eigenvalue weighted by atomic mass is 10.2. The number of esters is 1. The van der Waals surface area contributed by atoms with Gasteiger partial charge in [0.15, 0.2) is 0 Å². The Morgan fingerprint density at radius 1 is 1.25 bits per heavy atom. The van der Waals surface area contributed by atoms with Gasteiger partial charge in [-0.3, -0.25) is 4.79 Å². The van der Waals surface area contributed by atoms with Crippen molar-refractivity contribution in [3.63, 3.8) is 0 Å². The van der Waals surface area contributed by atoms with Crippen LogP contribution in [0.4, 0.5) is 5.95 Å². The lowest BCUT2D eigenvalue weighted by Gasteiger charge is -2.24. The molecule has 2 aromatic heterocycles. The Labute approximate surface area is 185 Å². The predicted octanol–water partition coefficient (Wildman–Crippen LogP) is 3.00. The Morgan fingerprint density at radius 2 is 2.09 bits per heavy atom. The van der Waals surface area contributed by atoms with Crippen LogP contribution in [0, 0.1) is 6.92 Å². The van der Waals surface area contributed by atoms with Crippen LogP contribution in [0.1, 0.15) is 41.8 Å². The van der Waals surface area contributed by atoms with Gasteiger partial charge in [0.1, 0.15) is 17.6 Å². The van der Waals surface area contributed by atoms with Gasteiger partial charge in [0, 0.05) is 11.9 Å². The maximum atomic E-state index is 12.9. The van der Waals surface area contributed by atoms with Gasteiger partial charge in [-0.05, 0) is 57.0 Å². The fourth-order valence-electron chi connectivity index (χ4n) is 3.86.